The molecule has 8 heteroatoms. The summed E-state index contributed by atoms with van der Waals surface area (Å²) in [4.78, 5) is 12.7. The Hall–Kier alpha value is -3.52. The van der Waals surface area contributed by atoms with E-state index in [-0.39, 0.29) is 10.5 Å². The molecule has 1 amide bonds. The first-order valence-corrected chi connectivity index (χ1v) is 11.3. The largest absolute Gasteiger partial charge is 0.490 e. The number of rotatable bonds is 5. The van der Waals surface area contributed by atoms with Crippen LogP contribution in [0, 0.1) is 6.92 Å². The number of aryl methyl sites for hydroxylation is 1. The first-order chi connectivity index (χ1) is 14.9. The summed E-state index contributed by atoms with van der Waals surface area (Å²) < 4.78 is 39.3. The maximum atomic E-state index is 12.8. The van der Waals surface area contributed by atoms with E-state index < -0.39 is 15.9 Å². The Morgan fingerprint density at radius 3 is 2.45 bits per heavy atom. The van der Waals surface area contributed by atoms with Crippen LogP contribution in [0.4, 0.5) is 11.4 Å². The minimum absolute atomic E-state index is 0.000294. The van der Waals surface area contributed by atoms with Gasteiger partial charge in [-0.15, -0.1) is 0 Å². The van der Waals surface area contributed by atoms with Crippen LogP contribution < -0.4 is 19.5 Å². The van der Waals surface area contributed by atoms with Crippen LogP contribution in [0.3, 0.4) is 0 Å². The zero-order valence-electron chi connectivity index (χ0n) is 16.9. The lowest BCUT2D eigenvalue weighted by Gasteiger charge is -2.12. The first-order valence-electron chi connectivity index (χ1n) is 9.81. The molecule has 0 fully saturated rings. The van der Waals surface area contributed by atoms with Gasteiger partial charge in [0.1, 0.15) is 0 Å². The lowest BCUT2D eigenvalue weighted by Crippen LogP contribution is -2.16. The Kier molecular flexibility index (Phi) is 5.81. The molecule has 2 N–H and O–H groups in total. The second-order valence-electron chi connectivity index (χ2n) is 7.17. The Morgan fingerprint density at radius 2 is 1.65 bits per heavy atom. The van der Waals surface area contributed by atoms with Crippen molar-refractivity contribution >= 4 is 27.3 Å². The zero-order valence-corrected chi connectivity index (χ0v) is 17.7. The molecule has 0 saturated carbocycles. The van der Waals surface area contributed by atoms with Gasteiger partial charge in [0.25, 0.3) is 15.9 Å². The van der Waals surface area contributed by atoms with E-state index >= 15 is 0 Å². The monoisotopic (exact) mass is 438 g/mol. The number of sulfonamides is 1. The Balaban J connectivity index is 1.52. The SMILES string of the molecule is Cc1cccc(NS(=O)(=O)c2cccc(C(=O)Nc3ccc4c(c3)OCCCO4)c2)c1. The maximum absolute atomic E-state index is 12.8. The second kappa shape index (κ2) is 8.69. The molecule has 0 aliphatic carbocycles. The van der Waals surface area contributed by atoms with Crippen LogP contribution in [0.15, 0.2) is 71.6 Å². The number of ether oxygens (including phenoxy) is 2. The van der Waals surface area contributed by atoms with E-state index in [9.17, 15) is 13.2 Å². The van der Waals surface area contributed by atoms with Gasteiger partial charge in [-0.2, -0.15) is 0 Å². The van der Waals surface area contributed by atoms with E-state index in [1.54, 1.807) is 42.5 Å². The minimum atomic E-state index is -3.84. The van der Waals surface area contributed by atoms with Crippen molar-refractivity contribution in [2.75, 3.05) is 23.3 Å². The van der Waals surface area contributed by atoms with Crippen molar-refractivity contribution < 1.29 is 22.7 Å². The van der Waals surface area contributed by atoms with Gasteiger partial charge in [-0.1, -0.05) is 18.2 Å². The topological polar surface area (TPSA) is 93.7 Å². The maximum Gasteiger partial charge on any atom is 0.261 e. The molecule has 160 valence electrons. The molecular formula is C23H22N2O5S. The molecule has 0 saturated heterocycles. The highest BCUT2D eigenvalue weighted by atomic mass is 32.2. The lowest BCUT2D eigenvalue weighted by molar-refractivity contribution is 0.102. The fourth-order valence-electron chi connectivity index (χ4n) is 3.17. The number of nitrogens with one attached hydrogen (secondary N) is 2. The van der Waals surface area contributed by atoms with Crippen molar-refractivity contribution in [3.05, 3.63) is 77.9 Å². The van der Waals surface area contributed by atoms with Gasteiger partial charge in [0, 0.05) is 29.4 Å². The number of carbonyl (C=O) groups is 1. The Labute approximate surface area is 181 Å². The van der Waals surface area contributed by atoms with Crippen molar-refractivity contribution in [1.82, 2.24) is 0 Å². The van der Waals surface area contributed by atoms with Crippen LogP contribution in [0.2, 0.25) is 0 Å². The third-order valence-electron chi connectivity index (χ3n) is 4.68. The number of anilines is 2. The van der Waals surface area contributed by atoms with Crippen LogP contribution in [-0.4, -0.2) is 27.5 Å². The first kappa shape index (κ1) is 20.7. The highest BCUT2D eigenvalue weighted by Gasteiger charge is 2.18. The number of carbonyl (C=O) groups excluding carboxylic acids is 1. The molecule has 31 heavy (non-hydrogen) atoms. The van der Waals surface area contributed by atoms with Gasteiger partial charge >= 0.3 is 0 Å². The minimum Gasteiger partial charge on any atom is -0.490 e. The van der Waals surface area contributed by atoms with Gasteiger partial charge in [0.15, 0.2) is 11.5 Å². The van der Waals surface area contributed by atoms with Gasteiger partial charge in [-0.25, -0.2) is 8.42 Å². The predicted molar refractivity (Wildman–Crippen MR) is 118 cm³/mol. The summed E-state index contributed by atoms with van der Waals surface area (Å²) in [5.74, 6) is 0.766. The highest BCUT2D eigenvalue weighted by Crippen LogP contribution is 2.32. The van der Waals surface area contributed by atoms with Crippen molar-refractivity contribution in [2.45, 2.75) is 18.2 Å². The van der Waals surface area contributed by atoms with Gasteiger partial charge in [0.2, 0.25) is 0 Å². The molecule has 0 radical (unpaired) electrons. The van der Waals surface area contributed by atoms with Crippen molar-refractivity contribution in [3.63, 3.8) is 0 Å². The molecule has 3 aromatic rings. The number of hydrogen-bond donors (Lipinski definition) is 2. The second-order valence-corrected chi connectivity index (χ2v) is 8.85. The van der Waals surface area contributed by atoms with Crippen LogP contribution in [0.25, 0.3) is 0 Å². The summed E-state index contributed by atoms with van der Waals surface area (Å²) >= 11 is 0. The number of amides is 1. The standard InChI is InChI=1S/C23H22N2O5S/c1-16-5-2-7-19(13-16)25-31(27,28)20-8-3-6-17(14-20)23(26)24-18-9-10-21-22(15-18)30-12-4-11-29-21/h2-3,5-10,13-15,25H,4,11-12H2,1H3,(H,24,26). The lowest BCUT2D eigenvalue weighted by atomic mass is 10.2. The predicted octanol–water partition coefficient (Wildman–Crippen LogP) is 4.21. The molecule has 3 aromatic carbocycles. The molecule has 1 aliphatic rings. The van der Waals surface area contributed by atoms with E-state index in [1.165, 1.54) is 18.2 Å². The van der Waals surface area contributed by atoms with Crippen molar-refractivity contribution in [2.24, 2.45) is 0 Å². The molecule has 7 nitrogen and oxygen atoms in total. The third-order valence-corrected chi connectivity index (χ3v) is 6.06. The van der Waals surface area contributed by atoms with Crippen LogP contribution in [0.1, 0.15) is 22.3 Å². The van der Waals surface area contributed by atoms with Gasteiger partial charge < -0.3 is 14.8 Å². The molecule has 0 bridgehead atoms. The van der Waals surface area contributed by atoms with Gasteiger partial charge in [-0.05, 0) is 55.0 Å². The van der Waals surface area contributed by atoms with Crippen molar-refractivity contribution in [1.29, 1.82) is 0 Å². The van der Waals surface area contributed by atoms with E-state index in [1.807, 2.05) is 13.0 Å². The fraction of sp³-hybridized carbons (Fsp3) is 0.174. The molecule has 0 spiro atoms. The van der Waals surface area contributed by atoms with E-state index in [0.717, 1.165) is 12.0 Å². The molecule has 0 atom stereocenters. The normalized spacial score (nSPS) is 13.2. The summed E-state index contributed by atoms with van der Waals surface area (Å²) in [6.45, 7) is 3.00. The fourth-order valence-corrected chi connectivity index (χ4v) is 4.27. The third kappa shape index (κ3) is 4.97. The van der Waals surface area contributed by atoms with Gasteiger partial charge in [-0.3, -0.25) is 9.52 Å². The molecule has 0 aromatic heterocycles. The summed E-state index contributed by atoms with van der Waals surface area (Å²) in [5, 5.41) is 2.77. The van der Waals surface area contributed by atoms with Crippen LogP contribution in [-0.2, 0) is 10.0 Å². The summed E-state index contributed by atoms with van der Waals surface area (Å²) in [6.07, 6.45) is 0.786. The van der Waals surface area contributed by atoms with Gasteiger partial charge in [0.05, 0.1) is 18.1 Å². The van der Waals surface area contributed by atoms with Crippen LogP contribution in [0.5, 0.6) is 11.5 Å². The van der Waals surface area contributed by atoms with Crippen molar-refractivity contribution in [3.8, 4) is 11.5 Å². The molecular weight excluding hydrogens is 416 g/mol. The summed E-state index contributed by atoms with van der Waals surface area (Å²) in [6, 6.07) is 18.1. The quantitative estimate of drug-likeness (QED) is 0.622. The Bertz CT molecular complexity index is 1220. The van der Waals surface area contributed by atoms with E-state index in [4.69, 9.17) is 9.47 Å². The summed E-state index contributed by atoms with van der Waals surface area (Å²) in [7, 11) is -3.84. The van der Waals surface area contributed by atoms with Crippen LogP contribution >= 0.6 is 0 Å². The molecule has 1 aliphatic heterocycles. The highest BCUT2D eigenvalue weighted by molar-refractivity contribution is 7.92. The Morgan fingerprint density at radius 1 is 0.871 bits per heavy atom. The molecule has 1 heterocycles. The average molecular weight is 439 g/mol. The smallest absolute Gasteiger partial charge is 0.261 e. The number of fused-ring (bicyclic) bond motifs is 1. The van der Waals surface area contributed by atoms with E-state index in [2.05, 4.69) is 10.0 Å². The van der Waals surface area contributed by atoms with E-state index in [0.29, 0.717) is 36.1 Å². The summed E-state index contributed by atoms with van der Waals surface area (Å²) in [5.41, 5.74) is 2.14. The molecule has 4 rings (SSSR count). The average Bonchev–Trinajstić information content (AvgIpc) is 2.98. The number of benzene rings is 3. The molecule has 0 unspecified atom stereocenters. The zero-order chi connectivity index (χ0) is 21.8. The number of hydrogen-bond acceptors (Lipinski definition) is 5.